The number of nitrogens with one attached hydrogen (secondary N) is 2. The second-order valence-corrected chi connectivity index (χ2v) is 4.73. The van der Waals surface area contributed by atoms with Gasteiger partial charge in [-0.15, -0.1) is 0 Å². The van der Waals surface area contributed by atoms with Gasteiger partial charge in [0, 0.05) is 32.2 Å². The molecule has 1 atom stereocenters. The Hall–Kier alpha value is -1.30. The first-order valence-electron chi connectivity index (χ1n) is 6.15. The zero-order valence-corrected chi connectivity index (χ0v) is 9.82. The molecule has 6 nitrogen and oxygen atoms in total. The minimum atomic E-state index is -0.845. The summed E-state index contributed by atoms with van der Waals surface area (Å²) in [5, 5.41) is 14.8. The summed E-state index contributed by atoms with van der Waals surface area (Å²) in [5.74, 6) is -0.486. The molecule has 1 saturated carbocycles. The number of hydrogen-bond acceptors (Lipinski definition) is 3. The van der Waals surface area contributed by atoms with Crippen molar-refractivity contribution in [2.45, 2.75) is 25.3 Å². The maximum Gasteiger partial charge on any atom is 0.317 e. The highest BCUT2D eigenvalue weighted by molar-refractivity contribution is 5.76. The Morgan fingerprint density at radius 2 is 2.00 bits per heavy atom. The van der Waals surface area contributed by atoms with E-state index in [9.17, 15) is 9.59 Å². The maximum absolute atomic E-state index is 11.9. The van der Waals surface area contributed by atoms with Crippen LogP contribution >= 0.6 is 0 Å². The normalized spacial score (nSPS) is 22.0. The molecule has 6 heteroatoms. The zero-order chi connectivity index (χ0) is 12.3. The third-order valence-electron chi connectivity index (χ3n) is 3.30. The molecule has 2 fully saturated rings. The fraction of sp³-hybridized carbons (Fsp3) is 0.818. The van der Waals surface area contributed by atoms with Crippen LogP contribution in [0.15, 0.2) is 0 Å². The van der Waals surface area contributed by atoms with Gasteiger partial charge in [-0.25, -0.2) is 4.79 Å². The predicted molar refractivity (Wildman–Crippen MR) is 61.7 cm³/mol. The van der Waals surface area contributed by atoms with Crippen LogP contribution in [0.1, 0.15) is 19.3 Å². The lowest BCUT2D eigenvalue weighted by Crippen LogP contribution is -2.52. The van der Waals surface area contributed by atoms with Crippen LogP contribution in [-0.2, 0) is 4.79 Å². The van der Waals surface area contributed by atoms with Crippen molar-refractivity contribution in [2.24, 2.45) is 5.92 Å². The van der Waals surface area contributed by atoms with E-state index in [2.05, 4.69) is 10.6 Å². The minimum absolute atomic E-state index is 0.0303. The lowest BCUT2D eigenvalue weighted by atomic mass is 10.1. The van der Waals surface area contributed by atoms with E-state index in [0.29, 0.717) is 19.0 Å². The number of rotatable bonds is 4. The Balaban J connectivity index is 1.83. The molecule has 2 aliphatic rings. The molecule has 1 aliphatic heterocycles. The number of aliphatic carboxylic acids is 1. The number of carboxylic acids is 1. The summed E-state index contributed by atoms with van der Waals surface area (Å²) in [7, 11) is 0. The summed E-state index contributed by atoms with van der Waals surface area (Å²) in [6.07, 6.45) is 2.09. The number of carbonyl (C=O) groups is 2. The average Bonchev–Trinajstić information content (AvgIpc) is 3.12. The molecular formula is C11H19N3O3. The molecule has 0 aromatic rings. The van der Waals surface area contributed by atoms with Gasteiger partial charge < -0.3 is 20.6 Å². The van der Waals surface area contributed by atoms with Crippen LogP contribution in [0.3, 0.4) is 0 Å². The summed E-state index contributed by atoms with van der Waals surface area (Å²) in [5.41, 5.74) is 0. The predicted octanol–water partition coefficient (Wildman–Crippen LogP) is -0.145. The molecule has 1 aliphatic carbocycles. The molecule has 3 N–H and O–H groups in total. The van der Waals surface area contributed by atoms with E-state index in [1.807, 2.05) is 0 Å². The molecule has 0 spiro atoms. The van der Waals surface area contributed by atoms with Crippen molar-refractivity contribution < 1.29 is 14.7 Å². The molecule has 0 aromatic heterocycles. The van der Waals surface area contributed by atoms with Crippen LogP contribution in [0.25, 0.3) is 0 Å². The van der Waals surface area contributed by atoms with Crippen LogP contribution in [-0.4, -0.2) is 54.2 Å². The van der Waals surface area contributed by atoms with Crippen molar-refractivity contribution in [1.29, 1.82) is 0 Å². The summed E-state index contributed by atoms with van der Waals surface area (Å²) < 4.78 is 0. The summed E-state index contributed by atoms with van der Waals surface area (Å²) in [6, 6.07) is -0.320. The van der Waals surface area contributed by atoms with Gasteiger partial charge in [-0.3, -0.25) is 4.79 Å². The number of carbonyl (C=O) groups excluding carboxylic acids is 1. The maximum atomic E-state index is 11.9. The second kappa shape index (κ2) is 5.35. The molecule has 2 amide bonds. The molecule has 1 unspecified atom stereocenters. The fourth-order valence-electron chi connectivity index (χ4n) is 2.14. The molecule has 2 rings (SSSR count). The van der Waals surface area contributed by atoms with E-state index in [4.69, 9.17) is 5.11 Å². The zero-order valence-electron chi connectivity index (χ0n) is 9.82. The SMILES string of the molecule is O=C(O)CC(NC(=O)N1CCNCC1)C1CC1. The lowest BCUT2D eigenvalue weighted by Gasteiger charge is -2.29. The Morgan fingerprint density at radius 3 is 2.53 bits per heavy atom. The highest BCUT2D eigenvalue weighted by Crippen LogP contribution is 2.34. The molecule has 96 valence electrons. The van der Waals surface area contributed by atoms with Gasteiger partial charge >= 0.3 is 12.0 Å². The number of piperazine rings is 1. The molecular weight excluding hydrogens is 222 g/mol. The van der Waals surface area contributed by atoms with Gasteiger partial charge in [-0.2, -0.15) is 0 Å². The Kier molecular flexibility index (Phi) is 3.83. The fourth-order valence-corrected chi connectivity index (χ4v) is 2.14. The minimum Gasteiger partial charge on any atom is -0.481 e. The summed E-state index contributed by atoms with van der Waals surface area (Å²) in [4.78, 5) is 24.4. The highest BCUT2D eigenvalue weighted by Gasteiger charge is 2.34. The number of urea groups is 1. The third-order valence-corrected chi connectivity index (χ3v) is 3.30. The standard InChI is InChI=1S/C11H19N3O3/c15-10(16)7-9(8-1-2-8)13-11(17)14-5-3-12-4-6-14/h8-9,12H,1-7H2,(H,13,17)(H,15,16). The summed E-state index contributed by atoms with van der Waals surface area (Å²) in [6.45, 7) is 2.99. The van der Waals surface area contributed by atoms with Gasteiger partial charge in [0.15, 0.2) is 0 Å². The quantitative estimate of drug-likeness (QED) is 0.639. The lowest BCUT2D eigenvalue weighted by molar-refractivity contribution is -0.137. The third kappa shape index (κ3) is 3.59. The van der Waals surface area contributed by atoms with E-state index >= 15 is 0 Å². The van der Waals surface area contributed by atoms with Gasteiger partial charge in [-0.1, -0.05) is 0 Å². The Morgan fingerprint density at radius 1 is 1.35 bits per heavy atom. The van der Waals surface area contributed by atoms with E-state index < -0.39 is 5.97 Å². The van der Waals surface area contributed by atoms with Crippen LogP contribution < -0.4 is 10.6 Å². The van der Waals surface area contributed by atoms with Crippen molar-refractivity contribution in [3.63, 3.8) is 0 Å². The Labute approximate surface area is 100 Å². The monoisotopic (exact) mass is 241 g/mol. The van der Waals surface area contributed by atoms with Crippen LogP contribution in [0.5, 0.6) is 0 Å². The average molecular weight is 241 g/mol. The van der Waals surface area contributed by atoms with Crippen LogP contribution in [0.2, 0.25) is 0 Å². The van der Waals surface area contributed by atoms with Gasteiger partial charge in [0.1, 0.15) is 0 Å². The first kappa shape index (κ1) is 12.2. The highest BCUT2D eigenvalue weighted by atomic mass is 16.4. The largest absolute Gasteiger partial charge is 0.481 e. The number of carboxylic acid groups (broad SMARTS) is 1. The summed E-state index contributed by atoms with van der Waals surface area (Å²) >= 11 is 0. The van der Waals surface area contributed by atoms with Gasteiger partial charge in [0.25, 0.3) is 0 Å². The topological polar surface area (TPSA) is 81.7 Å². The molecule has 0 bridgehead atoms. The van der Waals surface area contributed by atoms with Crippen LogP contribution in [0, 0.1) is 5.92 Å². The van der Waals surface area contributed by atoms with Crippen molar-refractivity contribution in [1.82, 2.24) is 15.5 Å². The van der Waals surface area contributed by atoms with Crippen LogP contribution in [0.4, 0.5) is 4.79 Å². The first-order chi connectivity index (χ1) is 8.16. The first-order valence-corrected chi connectivity index (χ1v) is 6.15. The molecule has 1 heterocycles. The van der Waals surface area contributed by atoms with E-state index in [1.54, 1.807) is 4.90 Å². The van der Waals surface area contributed by atoms with Crippen molar-refractivity contribution in [2.75, 3.05) is 26.2 Å². The van der Waals surface area contributed by atoms with Crippen molar-refractivity contribution in [3.05, 3.63) is 0 Å². The van der Waals surface area contributed by atoms with E-state index in [-0.39, 0.29) is 18.5 Å². The smallest absolute Gasteiger partial charge is 0.317 e. The number of hydrogen-bond donors (Lipinski definition) is 3. The van der Waals surface area contributed by atoms with E-state index in [0.717, 1.165) is 25.9 Å². The molecule has 1 saturated heterocycles. The number of nitrogens with zero attached hydrogens (tertiary/aromatic N) is 1. The molecule has 17 heavy (non-hydrogen) atoms. The van der Waals surface area contributed by atoms with Gasteiger partial charge in [-0.05, 0) is 18.8 Å². The van der Waals surface area contributed by atoms with E-state index in [1.165, 1.54) is 0 Å². The van der Waals surface area contributed by atoms with Gasteiger partial charge in [0.2, 0.25) is 0 Å². The van der Waals surface area contributed by atoms with Gasteiger partial charge in [0.05, 0.1) is 6.42 Å². The second-order valence-electron chi connectivity index (χ2n) is 4.73. The van der Waals surface area contributed by atoms with Crippen molar-refractivity contribution >= 4 is 12.0 Å². The molecule has 0 radical (unpaired) electrons. The Bertz CT molecular complexity index is 298. The molecule has 0 aromatic carbocycles. The van der Waals surface area contributed by atoms with Crippen molar-refractivity contribution in [3.8, 4) is 0 Å². The number of amides is 2.